The highest BCUT2D eigenvalue weighted by Gasteiger charge is 2.11. The Hall–Kier alpha value is -4.33. The minimum atomic E-state index is -0.291. The Morgan fingerprint density at radius 1 is 0.900 bits per heavy atom. The molecule has 4 aromatic rings. The summed E-state index contributed by atoms with van der Waals surface area (Å²) in [5.41, 5.74) is 2.25. The van der Waals surface area contributed by atoms with Crippen LogP contribution in [0.25, 0.3) is 5.82 Å². The molecule has 0 spiro atoms. The molecule has 3 heterocycles. The highest BCUT2D eigenvalue weighted by atomic mass is 16.2. The molecule has 0 aliphatic heterocycles. The van der Waals surface area contributed by atoms with Crippen molar-refractivity contribution in [2.75, 3.05) is 5.32 Å². The van der Waals surface area contributed by atoms with Gasteiger partial charge < -0.3 is 10.6 Å². The van der Waals surface area contributed by atoms with Crippen LogP contribution in [0.2, 0.25) is 0 Å². The lowest BCUT2D eigenvalue weighted by Crippen LogP contribution is -2.24. The van der Waals surface area contributed by atoms with Gasteiger partial charge in [0.05, 0.1) is 5.56 Å². The monoisotopic (exact) mass is 398 g/mol. The number of amides is 2. The van der Waals surface area contributed by atoms with E-state index in [1.807, 2.05) is 12.1 Å². The van der Waals surface area contributed by atoms with Crippen molar-refractivity contribution in [3.8, 4) is 5.82 Å². The van der Waals surface area contributed by atoms with E-state index < -0.39 is 0 Å². The number of nitrogens with one attached hydrogen (secondary N) is 2. The number of imidazole rings is 1. The number of benzene rings is 1. The van der Waals surface area contributed by atoms with Crippen molar-refractivity contribution < 1.29 is 9.59 Å². The van der Waals surface area contributed by atoms with E-state index in [1.54, 1.807) is 72.1 Å². The maximum Gasteiger partial charge on any atom is 0.257 e. The Morgan fingerprint density at radius 3 is 2.57 bits per heavy atom. The van der Waals surface area contributed by atoms with E-state index in [9.17, 15) is 9.59 Å². The van der Waals surface area contributed by atoms with Gasteiger partial charge >= 0.3 is 0 Å². The van der Waals surface area contributed by atoms with Crippen LogP contribution in [0.1, 0.15) is 26.3 Å². The Morgan fingerprint density at radius 2 is 1.77 bits per heavy atom. The first-order valence-corrected chi connectivity index (χ1v) is 9.22. The van der Waals surface area contributed by atoms with Gasteiger partial charge in [-0.2, -0.15) is 0 Å². The van der Waals surface area contributed by atoms with Gasteiger partial charge in [-0.3, -0.25) is 19.1 Å². The Balaban J connectivity index is 1.44. The number of hydrogen-bond donors (Lipinski definition) is 2. The highest BCUT2D eigenvalue weighted by molar-refractivity contribution is 6.04. The molecular formula is C22H18N6O2. The molecule has 0 aliphatic rings. The number of carbonyl (C=O) groups excluding carboxylic acids is 2. The average molecular weight is 398 g/mol. The second-order valence-corrected chi connectivity index (χ2v) is 6.42. The minimum absolute atomic E-state index is 0.257. The van der Waals surface area contributed by atoms with Crippen molar-refractivity contribution in [3.63, 3.8) is 0 Å². The molecule has 0 radical (unpaired) electrons. The van der Waals surface area contributed by atoms with Gasteiger partial charge in [0.25, 0.3) is 11.8 Å². The SMILES string of the molecule is O=C(NCc1cccnc1-n1ccnc1)c1cccc(NC(=O)c2cccnc2)c1. The molecule has 0 aliphatic carbocycles. The van der Waals surface area contributed by atoms with Gasteiger partial charge in [0, 0.05) is 54.3 Å². The molecular weight excluding hydrogens is 380 g/mol. The van der Waals surface area contributed by atoms with Crippen LogP contribution in [-0.4, -0.2) is 31.3 Å². The lowest BCUT2D eigenvalue weighted by molar-refractivity contribution is 0.0949. The Bertz CT molecular complexity index is 1160. The quantitative estimate of drug-likeness (QED) is 0.520. The lowest BCUT2D eigenvalue weighted by atomic mass is 10.1. The predicted octanol–water partition coefficient (Wildman–Crippen LogP) is 2.84. The standard InChI is InChI=1S/C22H18N6O2/c29-21(26-14-17-5-3-9-25-20(17)28-11-10-24-15-28)16-4-1-7-19(12-16)27-22(30)18-6-2-8-23-13-18/h1-13,15H,14H2,(H,26,29)(H,27,30). The van der Waals surface area contributed by atoms with Crippen LogP contribution in [0.3, 0.4) is 0 Å². The molecule has 3 aromatic heterocycles. The maximum atomic E-state index is 12.7. The largest absolute Gasteiger partial charge is 0.348 e. The van der Waals surface area contributed by atoms with Crippen molar-refractivity contribution >= 4 is 17.5 Å². The van der Waals surface area contributed by atoms with Gasteiger partial charge in [-0.15, -0.1) is 0 Å². The number of aromatic nitrogens is 4. The van der Waals surface area contributed by atoms with Crippen molar-refractivity contribution in [2.45, 2.75) is 6.54 Å². The first-order chi connectivity index (χ1) is 14.7. The summed E-state index contributed by atoms with van der Waals surface area (Å²) < 4.78 is 1.79. The summed E-state index contributed by atoms with van der Waals surface area (Å²) in [6.45, 7) is 0.298. The summed E-state index contributed by atoms with van der Waals surface area (Å²) in [6, 6.07) is 13.8. The zero-order chi connectivity index (χ0) is 20.8. The third-order valence-electron chi connectivity index (χ3n) is 4.36. The van der Waals surface area contributed by atoms with Gasteiger partial charge in [-0.05, 0) is 36.4 Å². The number of anilines is 1. The van der Waals surface area contributed by atoms with Crippen LogP contribution in [0, 0.1) is 0 Å². The molecule has 4 rings (SSSR count). The molecule has 0 fully saturated rings. The fraction of sp³-hybridized carbons (Fsp3) is 0.0455. The van der Waals surface area contributed by atoms with E-state index >= 15 is 0 Å². The van der Waals surface area contributed by atoms with Crippen LogP contribution in [-0.2, 0) is 6.54 Å². The molecule has 8 nitrogen and oxygen atoms in total. The number of carbonyl (C=O) groups is 2. The first kappa shape index (κ1) is 19.0. The molecule has 0 saturated carbocycles. The molecule has 8 heteroatoms. The van der Waals surface area contributed by atoms with Crippen LogP contribution in [0.15, 0.2) is 85.8 Å². The fourth-order valence-electron chi connectivity index (χ4n) is 2.90. The van der Waals surface area contributed by atoms with Gasteiger partial charge in [-0.1, -0.05) is 12.1 Å². The minimum Gasteiger partial charge on any atom is -0.348 e. The van der Waals surface area contributed by atoms with Gasteiger partial charge in [0.15, 0.2) is 0 Å². The van der Waals surface area contributed by atoms with Gasteiger partial charge in [0.2, 0.25) is 0 Å². The van der Waals surface area contributed by atoms with Crippen LogP contribution >= 0.6 is 0 Å². The Kier molecular flexibility index (Phi) is 5.56. The molecule has 148 valence electrons. The summed E-state index contributed by atoms with van der Waals surface area (Å²) >= 11 is 0. The van der Waals surface area contributed by atoms with Crippen LogP contribution in [0.4, 0.5) is 5.69 Å². The third kappa shape index (κ3) is 4.39. The van der Waals surface area contributed by atoms with E-state index in [-0.39, 0.29) is 11.8 Å². The molecule has 0 bridgehead atoms. The molecule has 30 heavy (non-hydrogen) atoms. The number of pyridine rings is 2. The van der Waals surface area contributed by atoms with Crippen molar-refractivity contribution in [2.24, 2.45) is 0 Å². The van der Waals surface area contributed by atoms with Crippen LogP contribution < -0.4 is 10.6 Å². The summed E-state index contributed by atoms with van der Waals surface area (Å²) in [5, 5.41) is 5.67. The highest BCUT2D eigenvalue weighted by Crippen LogP contribution is 2.14. The second kappa shape index (κ2) is 8.78. The van der Waals surface area contributed by atoms with Crippen LogP contribution in [0.5, 0.6) is 0 Å². The Labute approximate surface area is 172 Å². The molecule has 0 unspecified atom stereocenters. The van der Waals surface area contributed by atoms with Gasteiger partial charge in [-0.25, -0.2) is 9.97 Å². The lowest BCUT2D eigenvalue weighted by Gasteiger charge is -2.11. The maximum absolute atomic E-state index is 12.7. The topological polar surface area (TPSA) is 102 Å². The van der Waals surface area contributed by atoms with Crippen molar-refractivity contribution in [3.05, 3.63) is 103 Å². The number of nitrogens with zero attached hydrogens (tertiary/aromatic N) is 4. The zero-order valence-electron chi connectivity index (χ0n) is 15.9. The van der Waals surface area contributed by atoms with Crippen molar-refractivity contribution in [1.82, 2.24) is 24.8 Å². The summed E-state index contributed by atoms with van der Waals surface area (Å²) in [4.78, 5) is 37.3. The van der Waals surface area contributed by atoms with E-state index in [0.717, 1.165) is 5.56 Å². The first-order valence-electron chi connectivity index (χ1n) is 9.22. The summed E-state index contributed by atoms with van der Waals surface area (Å²) in [7, 11) is 0. The smallest absolute Gasteiger partial charge is 0.257 e. The average Bonchev–Trinajstić information content (AvgIpc) is 3.33. The fourth-order valence-corrected chi connectivity index (χ4v) is 2.90. The predicted molar refractivity (Wildman–Crippen MR) is 111 cm³/mol. The molecule has 0 atom stereocenters. The van der Waals surface area contributed by atoms with Crippen molar-refractivity contribution in [1.29, 1.82) is 0 Å². The third-order valence-corrected chi connectivity index (χ3v) is 4.36. The second-order valence-electron chi connectivity index (χ2n) is 6.42. The van der Waals surface area contributed by atoms with E-state index in [0.29, 0.717) is 29.2 Å². The summed E-state index contributed by atoms with van der Waals surface area (Å²) in [6.07, 6.45) is 9.89. The summed E-state index contributed by atoms with van der Waals surface area (Å²) in [5.74, 6) is 0.154. The normalized spacial score (nSPS) is 10.4. The number of rotatable bonds is 6. The number of hydrogen-bond acceptors (Lipinski definition) is 5. The van der Waals surface area contributed by atoms with E-state index in [1.165, 1.54) is 6.20 Å². The van der Waals surface area contributed by atoms with E-state index in [2.05, 4.69) is 25.6 Å². The molecule has 2 amide bonds. The van der Waals surface area contributed by atoms with Gasteiger partial charge in [0.1, 0.15) is 12.1 Å². The zero-order valence-corrected chi connectivity index (χ0v) is 15.9. The molecule has 1 aromatic carbocycles. The molecule has 2 N–H and O–H groups in total. The van der Waals surface area contributed by atoms with E-state index in [4.69, 9.17) is 0 Å². The molecule has 0 saturated heterocycles.